The molecule has 0 saturated heterocycles. The fourth-order valence-electron chi connectivity index (χ4n) is 2.57. The van der Waals surface area contributed by atoms with Crippen molar-refractivity contribution in [1.82, 2.24) is 9.78 Å². The highest BCUT2D eigenvalue weighted by Crippen LogP contribution is 2.19. The van der Waals surface area contributed by atoms with Crippen LogP contribution in [0.15, 0.2) is 59.4 Å². The summed E-state index contributed by atoms with van der Waals surface area (Å²) in [5.74, 6) is -1.21. The van der Waals surface area contributed by atoms with E-state index in [9.17, 15) is 18.4 Å². The van der Waals surface area contributed by atoms with Crippen molar-refractivity contribution in [2.45, 2.75) is 19.4 Å². The zero-order valence-corrected chi connectivity index (χ0v) is 15.4. The molecule has 0 atom stereocenters. The number of carbonyl (C=O) groups excluding carboxylic acids is 1. The summed E-state index contributed by atoms with van der Waals surface area (Å²) >= 11 is 5.68. The minimum absolute atomic E-state index is 0.0776. The standard InChI is InChI=1S/C20H16ClF2N3O2/c21-16-12-15(7-8-17(16)23)24-19(27)2-1-11-26-20(28)10-9-18(25-26)13-3-5-14(22)6-4-13/h3-10,12H,1-2,11H2,(H,24,27). The lowest BCUT2D eigenvalue weighted by atomic mass is 10.1. The molecule has 3 aromatic rings. The number of rotatable bonds is 6. The molecule has 0 aliphatic rings. The van der Waals surface area contributed by atoms with Gasteiger partial charge in [0, 0.05) is 30.3 Å². The van der Waals surface area contributed by atoms with Gasteiger partial charge in [0.05, 0.1) is 10.7 Å². The molecule has 0 spiro atoms. The monoisotopic (exact) mass is 403 g/mol. The number of nitrogens with zero attached hydrogens (tertiary/aromatic N) is 2. The van der Waals surface area contributed by atoms with Crippen LogP contribution in [0, 0.1) is 11.6 Å². The van der Waals surface area contributed by atoms with Gasteiger partial charge in [0.1, 0.15) is 11.6 Å². The van der Waals surface area contributed by atoms with E-state index in [2.05, 4.69) is 10.4 Å². The highest BCUT2D eigenvalue weighted by molar-refractivity contribution is 6.31. The van der Waals surface area contributed by atoms with Gasteiger partial charge in [-0.3, -0.25) is 9.59 Å². The third-order valence-electron chi connectivity index (χ3n) is 3.98. The number of halogens is 3. The molecule has 0 bridgehead atoms. The van der Waals surface area contributed by atoms with Crippen molar-refractivity contribution in [2.75, 3.05) is 5.32 Å². The Kier molecular flexibility index (Phi) is 6.16. The van der Waals surface area contributed by atoms with Crippen LogP contribution in [0.3, 0.4) is 0 Å². The Bertz CT molecular complexity index is 1050. The number of aryl methyl sites for hydroxylation is 1. The maximum atomic E-state index is 13.1. The third-order valence-corrected chi connectivity index (χ3v) is 4.27. The number of amides is 1. The first-order valence-corrected chi connectivity index (χ1v) is 8.89. The van der Waals surface area contributed by atoms with Crippen LogP contribution in [0.2, 0.25) is 5.02 Å². The van der Waals surface area contributed by atoms with Gasteiger partial charge in [0.25, 0.3) is 5.56 Å². The summed E-state index contributed by atoms with van der Waals surface area (Å²) in [7, 11) is 0. The van der Waals surface area contributed by atoms with Crippen molar-refractivity contribution >= 4 is 23.2 Å². The Labute approximate surface area is 164 Å². The Hall–Kier alpha value is -3.06. The lowest BCUT2D eigenvalue weighted by molar-refractivity contribution is -0.116. The van der Waals surface area contributed by atoms with E-state index in [0.717, 1.165) is 0 Å². The van der Waals surface area contributed by atoms with Crippen molar-refractivity contribution in [3.05, 3.63) is 81.6 Å². The summed E-state index contributed by atoms with van der Waals surface area (Å²) in [5.41, 5.74) is 1.31. The number of nitrogens with one attached hydrogen (secondary N) is 1. The molecule has 0 aliphatic heterocycles. The van der Waals surface area contributed by atoms with Crippen LogP contribution in [0.1, 0.15) is 12.8 Å². The first-order valence-electron chi connectivity index (χ1n) is 8.51. The predicted octanol–water partition coefficient (Wildman–Crippen LogP) is 4.26. The molecule has 0 saturated carbocycles. The zero-order valence-electron chi connectivity index (χ0n) is 14.7. The SMILES string of the molecule is O=C(CCCn1nc(-c2ccc(F)cc2)ccc1=O)Nc1ccc(F)c(Cl)c1. The Balaban J connectivity index is 1.60. The molecular weight excluding hydrogens is 388 g/mol. The molecule has 0 radical (unpaired) electrons. The molecule has 0 fully saturated rings. The number of anilines is 1. The molecule has 0 unspecified atom stereocenters. The smallest absolute Gasteiger partial charge is 0.266 e. The van der Waals surface area contributed by atoms with Gasteiger partial charge in [0.2, 0.25) is 5.91 Å². The number of carbonyl (C=O) groups is 1. The van der Waals surface area contributed by atoms with E-state index >= 15 is 0 Å². The molecule has 1 amide bonds. The van der Waals surface area contributed by atoms with E-state index in [-0.39, 0.29) is 35.3 Å². The van der Waals surface area contributed by atoms with Crippen LogP contribution >= 0.6 is 11.6 Å². The van der Waals surface area contributed by atoms with Gasteiger partial charge < -0.3 is 5.32 Å². The Morgan fingerprint density at radius 3 is 2.54 bits per heavy atom. The lowest BCUT2D eigenvalue weighted by Gasteiger charge is -2.08. The van der Waals surface area contributed by atoms with Crippen molar-refractivity contribution in [1.29, 1.82) is 0 Å². The Morgan fingerprint density at radius 1 is 1.07 bits per heavy atom. The first-order chi connectivity index (χ1) is 13.4. The summed E-state index contributed by atoms with van der Waals surface area (Å²) in [6, 6.07) is 12.6. The second-order valence-electron chi connectivity index (χ2n) is 6.07. The fourth-order valence-corrected chi connectivity index (χ4v) is 2.75. The lowest BCUT2D eigenvalue weighted by Crippen LogP contribution is -2.23. The van der Waals surface area contributed by atoms with Crippen LogP contribution in [-0.2, 0) is 11.3 Å². The van der Waals surface area contributed by atoms with Gasteiger partial charge in [-0.05, 0) is 55.0 Å². The molecule has 144 valence electrons. The highest BCUT2D eigenvalue weighted by atomic mass is 35.5. The molecule has 8 heteroatoms. The maximum absolute atomic E-state index is 13.1. The molecular formula is C20H16ClF2N3O2. The summed E-state index contributed by atoms with van der Waals surface area (Å²) < 4.78 is 27.4. The van der Waals surface area contributed by atoms with Crippen LogP contribution < -0.4 is 10.9 Å². The number of hydrogen-bond acceptors (Lipinski definition) is 3. The third kappa shape index (κ3) is 5.01. The average Bonchev–Trinajstić information content (AvgIpc) is 2.67. The van der Waals surface area contributed by atoms with Gasteiger partial charge in [-0.25, -0.2) is 13.5 Å². The maximum Gasteiger partial charge on any atom is 0.266 e. The molecule has 2 aromatic carbocycles. The molecule has 28 heavy (non-hydrogen) atoms. The van der Waals surface area contributed by atoms with Gasteiger partial charge in [-0.2, -0.15) is 5.10 Å². The van der Waals surface area contributed by atoms with E-state index < -0.39 is 5.82 Å². The van der Waals surface area contributed by atoms with Crippen molar-refractivity contribution in [3.8, 4) is 11.3 Å². The van der Waals surface area contributed by atoms with E-state index in [0.29, 0.717) is 23.4 Å². The van der Waals surface area contributed by atoms with Crippen LogP contribution in [0.25, 0.3) is 11.3 Å². The van der Waals surface area contributed by atoms with Gasteiger partial charge in [-0.15, -0.1) is 0 Å². The van der Waals surface area contributed by atoms with E-state index in [1.807, 2.05) is 0 Å². The number of aromatic nitrogens is 2. The van der Waals surface area contributed by atoms with Gasteiger partial charge in [0.15, 0.2) is 0 Å². The second kappa shape index (κ2) is 8.75. The van der Waals surface area contributed by atoms with E-state index in [4.69, 9.17) is 11.6 Å². The quantitative estimate of drug-likeness (QED) is 0.668. The van der Waals surface area contributed by atoms with E-state index in [1.54, 1.807) is 18.2 Å². The number of benzene rings is 2. The summed E-state index contributed by atoms with van der Waals surface area (Å²) in [5, 5.41) is 6.81. The van der Waals surface area contributed by atoms with Crippen molar-refractivity contribution < 1.29 is 13.6 Å². The fraction of sp³-hybridized carbons (Fsp3) is 0.150. The summed E-state index contributed by atoms with van der Waals surface area (Å²) in [6.45, 7) is 0.242. The molecule has 0 aliphatic carbocycles. The molecule has 5 nitrogen and oxygen atoms in total. The van der Waals surface area contributed by atoms with Crippen LogP contribution in [0.5, 0.6) is 0 Å². The minimum Gasteiger partial charge on any atom is -0.326 e. The summed E-state index contributed by atoms with van der Waals surface area (Å²) in [6.07, 6.45) is 0.518. The molecule has 1 heterocycles. The molecule has 1 aromatic heterocycles. The van der Waals surface area contributed by atoms with E-state index in [1.165, 1.54) is 41.1 Å². The molecule has 3 rings (SSSR count). The van der Waals surface area contributed by atoms with Crippen molar-refractivity contribution in [3.63, 3.8) is 0 Å². The predicted molar refractivity (Wildman–Crippen MR) is 103 cm³/mol. The second-order valence-corrected chi connectivity index (χ2v) is 6.47. The summed E-state index contributed by atoms with van der Waals surface area (Å²) in [4.78, 5) is 24.0. The number of hydrogen-bond donors (Lipinski definition) is 1. The largest absolute Gasteiger partial charge is 0.326 e. The average molecular weight is 404 g/mol. The minimum atomic E-state index is -0.564. The normalized spacial score (nSPS) is 10.7. The van der Waals surface area contributed by atoms with Crippen molar-refractivity contribution in [2.24, 2.45) is 0 Å². The Morgan fingerprint density at radius 2 is 1.82 bits per heavy atom. The molecule has 1 N–H and O–H groups in total. The highest BCUT2D eigenvalue weighted by Gasteiger charge is 2.08. The zero-order chi connectivity index (χ0) is 20.1. The van der Waals surface area contributed by atoms with Crippen LogP contribution in [-0.4, -0.2) is 15.7 Å². The van der Waals surface area contributed by atoms with Gasteiger partial charge >= 0.3 is 0 Å². The first kappa shape index (κ1) is 19.7. The van der Waals surface area contributed by atoms with Crippen LogP contribution in [0.4, 0.5) is 14.5 Å². The topological polar surface area (TPSA) is 64.0 Å². The van der Waals surface area contributed by atoms with Gasteiger partial charge in [-0.1, -0.05) is 11.6 Å².